The van der Waals surface area contributed by atoms with Crippen molar-refractivity contribution in [1.82, 2.24) is 5.32 Å². The minimum Gasteiger partial charge on any atom is -0.494 e. The van der Waals surface area contributed by atoms with E-state index in [-0.39, 0.29) is 18.6 Å². The lowest BCUT2D eigenvalue weighted by molar-refractivity contribution is -0.118. The van der Waals surface area contributed by atoms with E-state index in [4.69, 9.17) is 4.74 Å². The number of piperidine rings is 1. The van der Waals surface area contributed by atoms with Crippen LogP contribution in [-0.2, 0) is 11.4 Å². The Bertz CT molecular complexity index is 456. The quantitative estimate of drug-likeness (QED) is 0.766. The monoisotopic (exact) mass is 278 g/mol. The molecular formula is C15H22N2O3. The summed E-state index contributed by atoms with van der Waals surface area (Å²) in [4.78, 5) is 12.1. The van der Waals surface area contributed by atoms with Gasteiger partial charge in [0.1, 0.15) is 5.75 Å². The number of amides is 1. The third kappa shape index (κ3) is 3.71. The Morgan fingerprint density at radius 1 is 1.50 bits per heavy atom. The van der Waals surface area contributed by atoms with Crippen LogP contribution in [-0.4, -0.2) is 30.2 Å². The fraction of sp³-hybridized carbons (Fsp3) is 0.533. The molecule has 0 spiro atoms. The Labute approximate surface area is 119 Å². The summed E-state index contributed by atoms with van der Waals surface area (Å²) in [5.41, 5.74) is 1.37. The molecule has 1 amide bonds. The van der Waals surface area contributed by atoms with Crippen molar-refractivity contribution in [1.29, 1.82) is 0 Å². The van der Waals surface area contributed by atoms with Crippen molar-refractivity contribution in [3.05, 3.63) is 23.8 Å². The average Bonchev–Trinajstić information content (AvgIpc) is 2.50. The molecule has 1 atom stereocenters. The van der Waals surface area contributed by atoms with Gasteiger partial charge in [0.05, 0.1) is 19.3 Å². The Morgan fingerprint density at radius 2 is 2.35 bits per heavy atom. The van der Waals surface area contributed by atoms with Gasteiger partial charge < -0.3 is 20.5 Å². The van der Waals surface area contributed by atoms with Crippen LogP contribution in [0.15, 0.2) is 18.2 Å². The predicted molar refractivity (Wildman–Crippen MR) is 77.8 cm³/mol. The number of rotatable bonds is 5. The Hall–Kier alpha value is -1.59. The van der Waals surface area contributed by atoms with Gasteiger partial charge in [-0.05, 0) is 44.5 Å². The summed E-state index contributed by atoms with van der Waals surface area (Å²) in [6, 6.07) is 5.21. The summed E-state index contributed by atoms with van der Waals surface area (Å²) in [5.74, 6) is 0.640. The van der Waals surface area contributed by atoms with Crippen LogP contribution in [0.5, 0.6) is 5.75 Å². The molecule has 0 saturated carbocycles. The number of nitrogens with one attached hydrogen (secondary N) is 2. The number of ether oxygens (including phenoxy) is 1. The standard InChI is InChI=1S/C15H22N2O3/c1-2-20-14-7-6-12(9-11(14)10-18)17-15(19)13-5-3-4-8-16-13/h6-7,9,13,16,18H,2-5,8,10H2,1H3,(H,17,19)/t13-/m0/s1. The highest BCUT2D eigenvalue weighted by atomic mass is 16.5. The molecule has 3 N–H and O–H groups in total. The molecule has 1 aromatic carbocycles. The number of hydrogen-bond acceptors (Lipinski definition) is 4. The van der Waals surface area contributed by atoms with Crippen LogP contribution in [0.2, 0.25) is 0 Å². The third-order valence-corrected chi connectivity index (χ3v) is 3.43. The average molecular weight is 278 g/mol. The van der Waals surface area contributed by atoms with Crippen molar-refractivity contribution >= 4 is 11.6 Å². The van der Waals surface area contributed by atoms with Crippen LogP contribution in [0, 0.1) is 0 Å². The van der Waals surface area contributed by atoms with Gasteiger partial charge in [-0.2, -0.15) is 0 Å². The fourth-order valence-electron chi connectivity index (χ4n) is 2.38. The maximum Gasteiger partial charge on any atom is 0.241 e. The first-order valence-electron chi connectivity index (χ1n) is 7.15. The molecule has 110 valence electrons. The van der Waals surface area contributed by atoms with Crippen molar-refractivity contribution < 1.29 is 14.6 Å². The topological polar surface area (TPSA) is 70.6 Å². The van der Waals surface area contributed by atoms with E-state index in [2.05, 4.69) is 10.6 Å². The van der Waals surface area contributed by atoms with Crippen LogP contribution in [0.3, 0.4) is 0 Å². The predicted octanol–water partition coefficient (Wildman–Crippen LogP) is 1.66. The molecule has 1 saturated heterocycles. The molecule has 1 aromatic rings. The second-order valence-electron chi connectivity index (χ2n) is 4.91. The first-order chi connectivity index (χ1) is 9.74. The zero-order valence-electron chi connectivity index (χ0n) is 11.8. The zero-order chi connectivity index (χ0) is 14.4. The van der Waals surface area contributed by atoms with Crippen LogP contribution in [0.1, 0.15) is 31.7 Å². The Balaban J connectivity index is 2.03. The highest BCUT2D eigenvalue weighted by Gasteiger charge is 2.20. The van der Waals surface area contributed by atoms with E-state index >= 15 is 0 Å². The smallest absolute Gasteiger partial charge is 0.241 e. The molecule has 5 nitrogen and oxygen atoms in total. The lowest BCUT2D eigenvalue weighted by Crippen LogP contribution is -2.43. The zero-order valence-corrected chi connectivity index (χ0v) is 11.8. The van der Waals surface area contributed by atoms with Crippen LogP contribution in [0.25, 0.3) is 0 Å². The molecule has 5 heteroatoms. The number of anilines is 1. The van der Waals surface area contributed by atoms with Gasteiger partial charge in [-0.1, -0.05) is 6.42 Å². The molecular weight excluding hydrogens is 256 g/mol. The lowest BCUT2D eigenvalue weighted by Gasteiger charge is -2.22. The SMILES string of the molecule is CCOc1ccc(NC(=O)[C@@H]2CCCCN2)cc1CO. The first-order valence-corrected chi connectivity index (χ1v) is 7.15. The summed E-state index contributed by atoms with van der Waals surface area (Å²) in [7, 11) is 0. The van der Waals surface area contributed by atoms with Gasteiger partial charge in [0.25, 0.3) is 0 Å². The largest absolute Gasteiger partial charge is 0.494 e. The molecule has 0 aromatic heterocycles. The van der Waals surface area contributed by atoms with E-state index in [1.807, 2.05) is 6.92 Å². The van der Waals surface area contributed by atoms with Gasteiger partial charge in [-0.15, -0.1) is 0 Å². The second-order valence-corrected chi connectivity index (χ2v) is 4.91. The summed E-state index contributed by atoms with van der Waals surface area (Å²) in [6.07, 6.45) is 3.08. The van der Waals surface area contributed by atoms with Gasteiger partial charge in [-0.3, -0.25) is 4.79 Å². The molecule has 1 aliphatic rings. The number of hydrogen-bond donors (Lipinski definition) is 3. The van der Waals surface area contributed by atoms with E-state index in [9.17, 15) is 9.90 Å². The molecule has 0 unspecified atom stereocenters. The maximum atomic E-state index is 12.1. The fourth-order valence-corrected chi connectivity index (χ4v) is 2.38. The molecule has 0 radical (unpaired) electrons. The van der Waals surface area contributed by atoms with Crippen LogP contribution < -0.4 is 15.4 Å². The summed E-state index contributed by atoms with van der Waals surface area (Å²) >= 11 is 0. The van der Waals surface area contributed by atoms with E-state index in [1.54, 1.807) is 18.2 Å². The third-order valence-electron chi connectivity index (χ3n) is 3.43. The molecule has 2 rings (SSSR count). The van der Waals surface area contributed by atoms with Crippen molar-refractivity contribution in [2.24, 2.45) is 0 Å². The van der Waals surface area contributed by atoms with Gasteiger partial charge in [0.2, 0.25) is 5.91 Å². The molecule has 1 fully saturated rings. The van der Waals surface area contributed by atoms with Crippen LogP contribution in [0.4, 0.5) is 5.69 Å². The van der Waals surface area contributed by atoms with Crippen LogP contribution >= 0.6 is 0 Å². The number of benzene rings is 1. The van der Waals surface area contributed by atoms with Gasteiger partial charge >= 0.3 is 0 Å². The number of aliphatic hydroxyl groups excluding tert-OH is 1. The normalized spacial score (nSPS) is 18.6. The van der Waals surface area contributed by atoms with E-state index < -0.39 is 0 Å². The summed E-state index contributed by atoms with van der Waals surface area (Å²) in [5, 5.41) is 15.4. The number of aliphatic hydroxyl groups is 1. The van der Waals surface area contributed by atoms with Crippen molar-refractivity contribution in [2.45, 2.75) is 38.8 Å². The number of carbonyl (C=O) groups excluding carboxylic acids is 1. The second kappa shape index (κ2) is 7.26. The van der Waals surface area contributed by atoms with Crippen molar-refractivity contribution in [2.75, 3.05) is 18.5 Å². The molecule has 1 aliphatic heterocycles. The number of carbonyl (C=O) groups is 1. The molecule has 1 heterocycles. The van der Waals surface area contributed by atoms with Gasteiger partial charge in [0.15, 0.2) is 0 Å². The van der Waals surface area contributed by atoms with E-state index in [0.29, 0.717) is 23.6 Å². The molecule has 0 aliphatic carbocycles. The van der Waals surface area contributed by atoms with E-state index in [1.165, 1.54) is 0 Å². The minimum atomic E-state index is -0.118. The highest BCUT2D eigenvalue weighted by Crippen LogP contribution is 2.23. The van der Waals surface area contributed by atoms with Crippen molar-refractivity contribution in [3.8, 4) is 5.75 Å². The van der Waals surface area contributed by atoms with E-state index in [0.717, 1.165) is 25.8 Å². The summed E-state index contributed by atoms with van der Waals surface area (Å²) < 4.78 is 5.42. The maximum absolute atomic E-state index is 12.1. The Morgan fingerprint density at radius 3 is 3.00 bits per heavy atom. The Kier molecular flexibility index (Phi) is 5.38. The summed E-state index contributed by atoms with van der Waals surface area (Å²) in [6.45, 7) is 3.22. The van der Waals surface area contributed by atoms with Gasteiger partial charge in [0, 0.05) is 11.3 Å². The van der Waals surface area contributed by atoms with Crippen molar-refractivity contribution in [3.63, 3.8) is 0 Å². The minimum absolute atomic E-state index is 0.0160. The first kappa shape index (κ1) is 14.8. The van der Waals surface area contributed by atoms with Gasteiger partial charge in [-0.25, -0.2) is 0 Å². The lowest BCUT2D eigenvalue weighted by atomic mass is 10.0. The molecule has 20 heavy (non-hydrogen) atoms. The molecule has 0 bridgehead atoms. The highest BCUT2D eigenvalue weighted by molar-refractivity contribution is 5.95.